The molecule has 266 valence electrons. The molecule has 3 fully saturated rings. The smallest absolute Gasteiger partial charge is 0.408 e. The first kappa shape index (κ1) is 34.8. The summed E-state index contributed by atoms with van der Waals surface area (Å²) in [7, 11) is 0. The summed E-state index contributed by atoms with van der Waals surface area (Å²) >= 11 is 0. The van der Waals surface area contributed by atoms with Crippen LogP contribution in [0.3, 0.4) is 0 Å². The molecule has 0 spiro atoms. The molecule has 1 aliphatic carbocycles. The van der Waals surface area contributed by atoms with Gasteiger partial charge in [-0.05, 0) is 70.2 Å². The number of fused-ring (bicyclic) bond motifs is 3. The van der Waals surface area contributed by atoms with Gasteiger partial charge in [0.25, 0.3) is 5.88 Å². The lowest BCUT2D eigenvalue weighted by molar-refractivity contribution is -0.146. The lowest BCUT2D eigenvalue weighted by Crippen LogP contribution is -2.56. The van der Waals surface area contributed by atoms with Crippen molar-refractivity contribution < 1.29 is 33.8 Å². The highest BCUT2D eigenvalue weighted by molar-refractivity contribution is 5.96. The number of carboxylic acid groups (broad SMARTS) is 1. The number of aliphatic carboxylic acids is 1. The second-order valence-electron chi connectivity index (χ2n) is 14.4. The number of pyridine rings is 1. The molecule has 2 aliphatic heterocycles. The number of alkyl carbamates (subject to hydrolysis) is 1. The van der Waals surface area contributed by atoms with Gasteiger partial charge in [-0.15, -0.1) is 0 Å². The minimum Gasteiger partial charge on any atom is -0.479 e. The fourth-order valence-corrected chi connectivity index (χ4v) is 6.88. The highest BCUT2D eigenvalue weighted by Gasteiger charge is 2.62. The Bertz CT molecular complexity index is 1730. The molecular formula is C36H45N7O7. The van der Waals surface area contributed by atoms with Crippen molar-refractivity contribution in [2.75, 3.05) is 11.9 Å². The van der Waals surface area contributed by atoms with E-state index < -0.39 is 53.2 Å². The number of amides is 3. The van der Waals surface area contributed by atoms with Crippen LogP contribution in [0.25, 0.3) is 11.0 Å². The summed E-state index contributed by atoms with van der Waals surface area (Å²) in [6.07, 6.45) is 7.50. The summed E-state index contributed by atoms with van der Waals surface area (Å²) in [4.78, 5) is 68.8. The predicted molar refractivity (Wildman–Crippen MR) is 184 cm³/mol. The summed E-state index contributed by atoms with van der Waals surface area (Å²) in [5.41, 5.74) is -0.274. The van der Waals surface area contributed by atoms with E-state index in [4.69, 9.17) is 19.4 Å². The molecule has 6 rings (SSSR count). The Kier molecular flexibility index (Phi) is 10.1. The molecule has 1 saturated carbocycles. The number of anilines is 2. The molecule has 3 amide bonds. The molecule has 2 unspecified atom stereocenters. The number of nitrogens with one attached hydrogen (secondary N) is 3. The summed E-state index contributed by atoms with van der Waals surface area (Å²) < 4.78 is 11.9. The van der Waals surface area contributed by atoms with Crippen molar-refractivity contribution in [1.29, 1.82) is 0 Å². The van der Waals surface area contributed by atoms with Crippen LogP contribution in [0.4, 0.5) is 16.3 Å². The number of para-hydroxylation sites is 2. The molecule has 2 aromatic heterocycles. The Balaban J connectivity index is 1.31. The highest BCUT2D eigenvalue weighted by atomic mass is 16.6. The third kappa shape index (κ3) is 8.06. The van der Waals surface area contributed by atoms with E-state index in [1.807, 2.05) is 30.3 Å². The van der Waals surface area contributed by atoms with Gasteiger partial charge < -0.3 is 35.4 Å². The van der Waals surface area contributed by atoms with E-state index in [9.17, 15) is 24.3 Å². The van der Waals surface area contributed by atoms with Crippen molar-refractivity contribution in [3.8, 4) is 5.88 Å². The van der Waals surface area contributed by atoms with Crippen molar-refractivity contribution in [3.63, 3.8) is 0 Å². The van der Waals surface area contributed by atoms with Crippen LogP contribution < -0.4 is 20.7 Å². The standard InChI is InChI=1S/C36H45N7O7/c1-35(2,3)50-34(48)41-27-16-8-6-4-5-7-12-22-19-36(22,33(46)47)42-30(44)28-18-24(21-43(28)32(27)45)49-31-29(38-23-13-11-17-37-20-23)39-25-14-9-10-15-26(25)40-31/h9-11,13-15,17,20,22,24,27-28H,4-8,12,16,18-19,21H2,1-3H3,(H,38,39)(H,41,48)(H,42,44)(H,46,47)/t22?,24-,27+,28+,36?/m1/s1. The average molecular weight is 688 g/mol. The Morgan fingerprint density at radius 1 is 1.00 bits per heavy atom. The molecule has 0 radical (unpaired) electrons. The topological polar surface area (TPSA) is 185 Å². The Morgan fingerprint density at radius 3 is 2.42 bits per heavy atom. The summed E-state index contributed by atoms with van der Waals surface area (Å²) in [6, 6.07) is 8.92. The number of rotatable bonds is 6. The number of ether oxygens (including phenoxy) is 2. The van der Waals surface area contributed by atoms with Crippen molar-refractivity contribution in [1.82, 2.24) is 30.5 Å². The maximum Gasteiger partial charge on any atom is 0.408 e. The number of nitrogens with zero attached hydrogens (tertiary/aromatic N) is 4. The summed E-state index contributed by atoms with van der Waals surface area (Å²) in [6.45, 7) is 5.21. The molecule has 2 saturated heterocycles. The summed E-state index contributed by atoms with van der Waals surface area (Å²) in [5, 5.41) is 19.0. The van der Waals surface area contributed by atoms with Crippen LogP contribution in [-0.4, -0.2) is 84.7 Å². The molecule has 4 N–H and O–H groups in total. The first-order valence-electron chi connectivity index (χ1n) is 17.4. The molecule has 3 aliphatic rings. The monoisotopic (exact) mass is 687 g/mol. The zero-order valence-electron chi connectivity index (χ0n) is 28.7. The van der Waals surface area contributed by atoms with E-state index in [1.165, 1.54) is 4.90 Å². The number of carbonyl (C=O) groups is 4. The number of carboxylic acids is 1. The van der Waals surface area contributed by atoms with Gasteiger partial charge in [-0.25, -0.2) is 19.6 Å². The number of hydrogen-bond acceptors (Lipinski definition) is 10. The molecule has 3 aromatic rings. The van der Waals surface area contributed by atoms with Gasteiger partial charge in [0, 0.05) is 12.6 Å². The van der Waals surface area contributed by atoms with Crippen LogP contribution in [0, 0.1) is 5.92 Å². The van der Waals surface area contributed by atoms with Gasteiger partial charge in [0.05, 0.1) is 29.5 Å². The van der Waals surface area contributed by atoms with Crippen molar-refractivity contribution >= 4 is 46.4 Å². The molecule has 0 bridgehead atoms. The second kappa shape index (κ2) is 14.5. The summed E-state index contributed by atoms with van der Waals surface area (Å²) in [5.74, 6) is -1.80. The van der Waals surface area contributed by atoms with Crippen LogP contribution in [0.15, 0.2) is 48.8 Å². The van der Waals surface area contributed by atoms with Gasteiger partial charge in [0.1, 0.15) is 29.3 Å². The first-order chi connectivity index (χ1) is 23.9. The Morgan fingerprint density at radius 2 is 1.72 bits per heavy atom. The van der Waals surface area contributed by atoms with Gasteiger partial charge in [-0.2, -0.15) is 0 Å². The fourth-order valence-electron chi connectivity index (χ4n) is 6.88. The van der Waals surface area contributed by atoms with Crippen LogP contribution in [-0.2, 0) is 19.1 Å². The molecule has 14 nitrogen and oxygen atoms in total. The molecule has 14 heteroatoms. The quantitative estimate of drug-likeness (QED) is 0.281. The number of carbonyl (C=O) groups excluding carboxylic acids is 3. The largest absolute Gasteiger partial charge is 0.479 e. The molecule has 1 aromatic carbocycles. The Hall–Kier alpha value is -5.01. The van der Waals surface area contributed by atoms with E-state index in [0.717, 1.165) is 25.7 Å². The van der Waals surface area contributed by atoms with E-state index in [0.29, 0.717) is 48.2 Å². The second-order valence-corrected chi connectivity index (χ2v) is 14.4. The van der Waals surface area contributed by atoms with Crippen LogP contribution in [0.1, 0.15) is 78.6 Å². The van der Waals surface area contributed by atoms with Gasteiger partial charge in [-0.1, -0.05) is 44.2 Å². The van der Waals surface area contributed by atoms with E-state index >= 15 is 0 Å². The molecule has 4 heterocycles. The molecular weight excluding hydrogens is 642 g/mol. The van der Waals surface area contributed by atoms with Crippen LogP contribution in [0.5, 0.6) is 5.88 Å². The van der Waals surface area contributed by atoms with E-state index in [2.05, 4.69) is 20.9 Å². The first-order valence-corrected chi connectivity index (χ1v) is 17.4. The predicted octanol–water partition coefficient (Wildman–Crippen LogP) is 4.71. The zero-order chi connectivity index (χ0) is 35.5. The van der Waals surface area contributed by atoms with Gasteiger partial charge in [0.15, 0.2) is 5.82 Å². The maximum atomic E-state index is 14.4. The average Bonchev–Trinajstić information content (AvgIpc) is 3.60. The molecule has 5 atom stereocenters. The van der Waals surface area contributed by atoms with Gasteiger partial charge in [0.2, 0.25) is 11.8 Å². The van der Waals surface area contributed by atoms with Crippen molar-refractivity contribution in [3.05, 3.63) is 48.8 Å². The molecule has 50 heavy (non-hydrogen) atoms. The Labute approximate surface area is 290 Å². The normalized spacial score (nSPS) is 26.0. The lowest BCUT2D eigenvalue weighted by atomic mass is 10.0. The minimum atomic E-state index is -1.37. The lowest BCUT2D eigenvalue weighted by Gasteiger charge is -2.30. The highest BCUT2D eigenvalue weighted by Crippen LogP contribution is 2.47. The van der Waals surface area contributed by atoms with Gasteiger partial charge >= 0.3 is 12.1 Å². The van der Waals surface area contributed by atoms with Crippen molar-refractivity contribution in [2.45, 2.75) is 108 Å². The number of aromatic nitrogens is 3. The van der Waals surface area contributed by atoms with Crippen molar-refractivity contribution in [2.24, 2.45) is 5.92 Å². The zero-order valence-corrected chi connectivity index (χ0v) is 28.7. The number of hydrogen-bond donors (Lipinski definition) is 4. The van der Waals surface area contributed by atoms with Gasteiger partial charge in [-0.3, -0.25) is 14.6 Å². The SMILES string of the molecule is CC(C)(C)OC(=O)N[C@H]1CCCCCCCC2CC2(C(=O)O)NC(=O)[C@@H]2C[C@@H](Oc3nc4ccccc4nc3Nc3cccnc3)CN2C1=O. The minimum absolute atomic E-state index is 0.00619. The third-order valence-electron chi connectivity index (χ3n) is 9.46. The number of benzene rings is 1. The van der Waals surface area contributed by atoms with E-state index in [1.54, 1.807) is 39.2 Å². The van der Waals surface area contributed by atoms with Crippen LogP contribution >= 0.6 is 0 Å². The van der Waals surface area contributed by atoms with E-state index in [-0.39, 0.29) is 24.8 Å². The fraction of sp³-hybridized carbons (Fsp3) is 0.528. The maximum absolute atomic E-state index is 14.4. The third-order valence-corrected chi connectivity index (χ3v) is 9.46. The van der Waals surface area contributed by atoms with Crippen LogP contribution in [0.2, 0.25) is 0 Å².